The van der Waals surface area contributed by atoms with E-state index in [-0.39, 0.29) is 0 Å². The van der Waals surface area contributed by atoms with Gasteiger partial charge < -0.3 is 15.1 Å². The van der Waals surface area contributed by atoms with Crippen molar-refractivity contribution in [3.8, 4) is 0 Å². The Morgan fingerprint density at radius 2 is 2.54 bits per heavy atom. The lowest BCUT2D eigenvalue weighted by Crippen LogP contribution is -2.55. The summed E-state index contributed by atoms with van der Waals surface area (Å²) in [5, 5.41) is 6.55. The molecule has 0 radical (unpaired) electrons. The SMILES string of the molecule is CCc1cnc(CNC2CNC2)o1. The number of aromatic nitrogens is 1. The molecule has 1 fully saturated rings. The largest absolute Gasteiger partial charge is 0.444 e. The van der Waals surface area contributed by atoms with E-state index in [2.05, 4.69) is 22.5 Å². The summed E-state index contributed by atoms with van der Waals surface area (Å²) >= 11 is 0. The van der Waals surface area contributed by atoms with Gasteiger partial charge in [0.1, 0.15) is 5.76 Å². The maximum absolute atomic E-state index is 5.46. The molecular formula is C9H15N3O. The molecule has 2 rings (SSSR count). The summed E-state index contributed by atoms with van der Waals surface area (Å²) < 4.78 is 5.46. The van der Waals surface area contributed by atoms with Gasteiger partial charge in [-0.3, -0.25) is 0 Å². The number of hydrogen-bond donors (Lipinski definition) is 2. The first-order valence-corrected chi connectivity index (χ1v) is 4.76. The summed E-state index contributed by atoms with van der Waals surface area (Å²) in [6, 6.07) is 0.594. The standard InChI is InChI=1S/C9H15N3O/c1-2-8-5-12-9(13-8)6-11-7-3-10-4-7/h5,7,10-11H,2-4,6H2,1H3. The van der Waals surface area contributed by atoms with Gasteiger partial charge in [-0.15, -0.1) is 0 Å². The molecule has 1 aromatic rings. The van der Waals surface area contributed by atoms with E-state index in [0.29, 0.717) is 6.04 Å². The lowest BCUT2D eigenvalue weighted by atomic mass is 10.2. The molecule has 1 aliphatic heterocycles. The average Bonchev–Trinajstić information content (AvgIpc) is 2.49. The van der Waals surface area contributed by atoms with Crippen LogP contribution in [0.25, 0.3) is 0 Å². The minimum absolute atomic E-state index is 0.594. The summed E-state index contributed by atoms with van der Waals surface area (Å²) in [4.78, 5) is 4.17. The molecule has 0 atom stereocenters. The monoisotopic (exact) mass is 181 g/mol. The van der Waals surface area contributed by atoms with Gasteiger partial charge in [-0.25, -0.2) is 4.98 Å². The Morgan fingerprint density at radius 3 is 3.08 bits per heavy atom. The van der Waals surface area contributed by atoms with E-state index in [9.17, 15) is 0 Å². The summed E-state index contributed by atoms with van der Waals surface area (Å²) in [5.41, 5.74) is 0. The van der Waals surface area contributed by atoms with Crippen LogP contribution in [0.15, 0.2) is 10.6 Å². The molecule has 1 saturated heterocycles. The van der Waals surface area contributed by atoms with Crippen LogP contribution in [-0.2, 0) is 13.0 Å². The third-order valence-electron chi connectivity index (χ3n) is 2.27. The molecule has 2 heterocycles. The van der Waals surface area contributed by atoms with Gasteiger partial charge in [0.25, 0.3) is 0 Å². The minimum Gasteiger partial charge on any atom is -0.444 e. The molecule has 13 heavy (non-hydrogen) atoms. The molecule has 0 unspecified atom stereocenters. The zero-order valence-corrected chi connectivity index (χ0v) is 7.84. The lowest BCUT2D eigenvalue weighted by Gasteiger charge is -2.27. The van der Waals surface area contributed by atoms with E-state index in [0.717, 1.165) is 37.7 Å². The van der Waals surface area contributed by atoms with Crippen molar-refractivity contribution in [2.24, 2.45) is 0 Å². The van der Waals surface area contributed by atoms with Crippen LogP contribution in [0.5, 0.6) is 0 Å². The summed E-state index contributed by atoms with van der Waals surface area (Å²) in [6.07, 6.45) is 2.72. The molecule has 4 heteroatoms. The van der Waals surface area contributed by atoms with Crippen molar-refractivity contribution in [3.63, 3.8) is 0 Å². The van der Waals surface area contributed by atoms with Crippen LogP contribution in [0.1, 0.15) is 18.6 Å². The maximum atomic E-state index is 5.46. The topological polar surface area (TPSA) is 50.1 Å². The zero-order valence-electron chi connectivity index (χ0n) is 7.84. The first-order chi connectivity index (χ1) is 6.38. The summed E-state index contributed by atoms with van der Waals surface area (Å²) in [6.45, 7) is 4.92. The number of hydrogen-bond acceptors (Lipinski definition) is 4. The Bertz CT molecular complexity index is 268. The van der Waals surface area contributed by atoms with E-state index >= 15 is 0 Å². The maximum Gasteiger partial charge on any atom is 0.208 e. The van der Waals surface area contributed by atoms with Gasteiger partial charge in [-0.2, -0.15) is 0 Å². The highest BCUT2D eigenvalue weighted by Gasteiger charge is 2.16. The van der Waals surface area contributed by atoms with Crippen LogP contribution >= 0.6 is 0 Å². The Balaban J connectivity index is 1.79. The number of aryl methyl sites for hydroxylation is 1. The quantitative estimate of drug-likeness (QED) is 0.701. The van der Waals surface area contributed by atoms with E-state index in [1.807, 2.05) is 0 Å². The van der Waals surface area contributed by atoms with E-state index < -0.39 is 0 Å². The molecule has 4 nitrogen and oxygen atoms in total. The lowest BCUT2D eigenvalue weighted by molar-refractivity contribution is 0.341. The number of oxazole rings is 1. The first-order valence-electron chi connectivity index (χ1n) is 4.76. The van der Waals surface area contributed by atoms with Crippen LogP contribution in [0.3, 0.4) is 0 Å². The molecule has 0 saturated carbocycles. The van der Waals surface area contributed by atoms with Crippen molar-refractivity contribution >= 4 is 0 Å². The van der Waals surface area contributed by atoms with Crippen molar-refractivity contribution in [1.29, 1.82) is 0 Å². The van der Waals surface area contributed by atoms with Crippen LogP contribution in [-0.4, -0.2) is 24.1 Å². The Kier molecular flexibility index (Phi) is 2.61. The third-order valence-corrected chi connectivity index (χ3v) is 2.27. The fraction of sp³-hybridized carbons (Fsp3) is 0.667. The van der Waals surface area contributed by atoms with Gasteiger partial charge in [-0.1, -0.05) is 6.92 Å². The fourth-order valence-corrected chi connectivity index (χ4v) is 1.26. The van der Waals surface area contributed by atoms with Gasteiger partial charge in [0.05, 0.1) is 12.7 Å². The van der Waals surface area contributed by atoms with Gasteiger partial charge >= 0.3 is 0 Å². The molecule has 0 spiro atoms. The van der Waals surface area contributed by atoms with Crippen molar-refractivity contribution in [2.75, 3.05) is 13.1 Å². The smallest absolute Gasteiger partial charge is 0.208 e. The van der Waals surface area contributed by atoms with Gasteiger partial charge in [0.15, 0.2) is 0 Å². The second kappa shape index (κ2) is 3.89. The van der Waals surface area contributed by atoms with Crippen molar-refractivity contribution in [1.82, 2.24) is 15.6 Å². The number of rotatable bonds is 4. The normalized spacial score (nSPS) is 17.3. The highest BCUT2D eigenvalue weighted by molar-refractivity contribution is 4.94. The zero-order chi connectivity index (χ0) is 9.10. The van der Waals surface area contributed by atoms with Gasteiger partial charge in [-0.05, 0) is 0 Å². The van der Waals surface area contributed by atoms with Crippen LogP contribution in [0, 0.1) is 0 Å². The van der Waals surface area contributed by atoms with E-state index in [1.54, 1.807) is 6.20 Å². The third kappa shape index (κ3) is 2.08. The number of nitrogens with one attached hydrogen (secondary N) is 2. The Morgan fingerprint density at radius 1 is 1.69 bits per heavy atom. The van der Waals surface area contributed by atoms with E-state index in [1.165, 1.54) is 0 Å². The fourth-order valence-electron chi connectivity index (χ4n) is 1.26. The molecule has 0 aromatic carbocycles. The number of nitrogens with zero attached hydrogens (tertiary/aromatic N) is 1. The molecule has 0 amide bonds. The second-order valence-electron chi connectivity index (χ2n) is 3.31. The van der Waals surface area contributed by atoms with Crippen LogP contribution in [0.4, 0.5) is 0 Å². The minimum atomic E-state index is 0.594. The van der Waals surface area contributed by atoms with E-state index in [4.69, 9.17) is 4.42 Å². The average molecular weight is 181 g/mol. The summed E-state index contributed by atoms with van der Waals surface area (Å²) in [5.74, 6) is 1.76. The first kappa shape index (κ1) is 8.72. The summed E-state index contributed by atoms with van der Waals surface area (Å²) in [7, 11) is 0. The highest BCUT2D eigenvalue weighted by Crippen LogP contribution is 2.04. The molecule has 0 bridgehead atoms. The predicted octanol–water partition coefficient (Wildman–Crippen LogP) is 0.298. The van der Waals surface area contributed by atoms with Crippen molar-refractivity contribution in [3.05, 3.63) is 17.8 Å². The van der Waals surface area contributed by atoms with Crippen LogP contribution < -0.4 is 10.6 Å². The van der Waals surface area contributed by atoms with Crippen molar-refractivity contribution in [2.45, 2.75) is 25.9 Å². The molecule has 72 valence electrons. The van der Waals surface area contributed by atoms with Gasteiger partial charge in [0, 0.05) is 25.6 Å². The molecule has 1 aliphatic rings. The molecule has 0 aliphatic carbocycles. The Hall–Kier alpha value is -0.870. The molecule has 1 aromatic heterocycles. The second-order valence-corrected chi connectivity index (χ2v) is 3.31. The van der Waals surface area contributed by atoms with Crippen LogP contribution in [0.2, 0.25) is 0 Å². The van der Waals surface area contributed by atoms with Gasteiger partial charge in [0.2, 0.25) is 5.89 Å². The highest BCUT2D eigenvalue weighted by atomic mass is 16.4. The van der Waals surface area contributed by atoms with Crippen molar-refractivity contribution < 1.29 is 4.42 Å². The molecular weight excluding hydrogens is 166 g/mol. The molecule has 2 N–H and O–H groups in total. The predicted molar refractivity (Wildman–Crippen MR) is 49.4 cm³/mol. The Labute approximate surface area is 77.7 Å².